The van der Waals surface area contributed by atoms with E-state index >= 15 is 0 Å². The third-order valence-corrected chi connectivity index (χ3v) is 5.64. The van der Waals surface area contributed by atoms with Crippen molar-refractivity contribution in [3.63, 3.8) is 0 Å². The first-order valence-electron chi connectivity index (χ1n) is 10.9. The van der Waals surface area contributed by atoms with Crippen molar-refractivity contribution in [3.05, 3.63) is 68.9 Å². The number of hydrogen-bond donors (Lipinski definition) is 3. The molecule has 0 spiro atoms. The van der Waals surface area contributed by atoms with E-state index in [2.05, 4.69) is 10.3 Å². The molecule has 0 bridgehead atoms. The maximum atomic E-state index is 14.0. The molecule has 3 N–H and O–H groups in total. The molecule has 0 fully saturated rings. The van der Waals surface area contributed by atoms with E-state index in [1.807, 2.05) is 13.8 Å². The van der Waals surface area contributed by atoms with Crippen LogP contribution in [0.25, 0.3) is 11.0 Å². The van der Waals surface area contributed by atoms with E-state index in [4.69, 9.17) is 5.11 Å². The number of fused-ring (bicyclic) bond motifs is 1. The number of aromatic nitrogens is 2. The number of carbonyl (C=O) groups is 2. The lowest BCUT2D eigenvalue weighted by Crippen LogP contribution is -2.34. The molecule has 0 unspecified atom stereocenters. The van der Waals surface area contributed by atoms with Crippen LogP contribution in [0.5, 0.6) is 5.75 Å². The van der Waals surface area contributed by atoms with E-state index in [0.29, 0.717) is 24.2 Å². The smallest absolute Gasteiger partial charge is 0.267 e. The van der Waals surface area contributed by atoms with Gasteiger partial charge in [-0.25, -0.2) is 4.39 Å². The topological polar surface area (TPSA) is 125 Å². The fourth-order valence-electron chi connectivity index (χ4n) is 3.79. The van der Waals surface area contributed by atoms with Gasteiger partial charge in [0.05, 0.1) is 12.1 Å². The van der Waals surface area contributed by atoms with Crippen molar-refractivity contribution in [2.45, 2.75) is 20.3 Å². The van der Waals surface area contributed by atoms with E-state index < -0.39 is 28.6 Å². The van der Waals surface area contributed by atoms with Crippen LogP contribution in [0.4, 0.5) is 4.39 Å². The van der Waals surface area contributed by atoms with Gasteiger partial charge >= 0.3 is 0 Å². The highest BCUT2D eigenvalue weighted by atomic mass is 19.1. The van der Waals surface area contributed by atoms with Gasteiger partial charge in [0.25, 0.3) is 17.4 Å². The van der Waals surface area contributed by atoms with Crippen molar-refractivity contribution in [3.8, 4) is 5.75 Å². The number of rotatable bonds is 8. The second kappa shape index (κ2) is 10.4. The van der Waals surface area contributed by atoms with Crippen LogP contribution in [-0.2, 0) is 13.5 Å². The van der Waals surface area contributed by atoms with Gasteiger partial charge in [-0.15, -0.1) is 0 Å². The van der Waals surface area contributed by atoms with Crippen molar-refractivity contribution in [1.29, 1.82) is 0 Å². The van der Waals surface area contributed by atoms with E-state index in [9.17, 15) is 23.9 Å². The Bertz CT molecular complexity index is 1300. The number of hydrogen-bond acceptors (Lipinski definition) is 6. The maximum Gasteiger partial charge on any atom is 0.267 e. The molecule has 1 aromatic carbocycles. The summed E-state index contributed by atoms with van der Waals surface area (Å²) in [5.41, 5.74) is 0.619. The minimum Gasteiger partial charge on any atom is -0.505 e. The molecular weight excluding hydrogens is 443 g/mol. The molecule has 0 aliphatic rings. The van der Waals surface area contributed by atoms with Gasteiger partial charge < -0.3 is 25.0 Å². The van der Waals surface area contributed by atoms with Crippen molar-refractivity contribution in [1.82, 2.24) is 19.8 Å². The molecular formula is C24H27FN4O5. The number of aryl methyl sites for hydroxylation is 1. The SMILES string of the molecule is CCN(CC)C(=O)c1cc(F)ccc1Cc1cnc2c(O)c(C(=O)NCCO)c(=O)n(C)c2c1. The molecule has 3 rings (SSSR count). The number of aromatic hydroxyl groups is 1. The molecule has 0 saturated heterocycles. The Kier molecular flexibility index (Phi) is 7.62. The molecule has 0 aliphatic carbocycles. The molecule has 10 heteroatoms. The lowest BCUT2D eigenvalue weighted by atomic mass is 9.99. The number of nitrogens with zero attached hydrogens (tertiary/aromatic N) is 3. The van der Waals surface area contributed by atoms with Crippen molar-refractivity contribution < 1.29 is 24.2 Å². The number of amides is 2. The molecule has 2 heterocycles. The first-order valence-corrected chi connectivity index (χ1v) is 10.9. The third-order valence-electron chi connectivity index (χ3n) is 5.64. The Morgan fingerprint density at radius 3 is 2.56 bits per heavy atom. The quantitative estimate of drug-likeness (QED) is 0.459. The van der Waals surface area contributed by atoms with Crippen LogP contribution in [0.2, 0.25) is 0 Å². The Labute approximate surface area is 195 Å². The average molecular weight is 471 g/mol. The van der Waals surface area contributed by atoms with E-state index in [0.717, 1.165) is 0 Å². The van der Waals surface area contributed by atoms with Crippen LogP contribution >= 0.6 is 0 Å². The second-order valence-electron chi connectivity index (χ2n) is 7.73. The predicted molar refractivity (Wildman–Crippen MR) is 125 cm³/mol. The number of carbonyl (C=O) groups excluding carboxylic acids is 2. The highest BCUT2D eigenvalue weighted by Crippen LogP contribution is 2.26. The lowest BCUT2D eigenvalue weighted by Gasteiger charge is -2.20. The summed E-state index contributed by atoms with van der Waals surface area (Å²) in [6, 6.07) is 5.67. The van der Waals surface area contributed by atoms with Gasteiger partial charge in [0.15, 0.2) is 5.75 Å². The van der Waals surface area contributed by atoms with Crippen LogP contribution in [0.15, 0.2) is 35.3 Å². The van der Waals surface area contributed by atoms with E-state index in [-0.39, 0.29) is 42.1 Å². The first kappa shape index (κ1) is 24.8. The summed E-state index contributed by atoms with van der Waals surface area (Å²) in [6.45, 7) is 4.27. The molecule has 180 valence electrons. The molecule has 0 radical (unpaired) electrons. The van der Waals surface area contributed by atoms with Crippen LogP contribution in [-0.4, -0.2) is 62.7 Å². The average Bonchev–Trinajstić information content (AvgIpc) is 2.83. The molecule has 3 aromatic rings. The maximum absolute atomic E-state index is 14.0. The summed E-state index contributed by atoms with van der Waals surface area (Å²) in [5, 5.41) is 21.8. The fraction of sp³-hybridized carbons (Fsp3) is 0.333. The number of aliphatic hydroxyl groups excluding tert-OH is 1. The third kappa shape index (κ3) is 4.76. The largest absolute Gasteiger partial charge is 0.505 e. The zero-order chi connectivity index (χ0) is 25.0. The highest BCUT2D eigenvalue weighted by molar-refractivity contribution is 6.01. The molecule has 2 amide bonds. The lowest BCUT2D eigenvalue weighted by molar-refractivity contribution is 0.0771. The Hall–Kier alpha value is -3.79. The summed E-state index contributed by atoms with van der Waals surface area (Å²) >= 11 is 0. The normalized spacial score (nSPS) is 11.0. The first-order chi connectivity index (χ1) is 16.2. The molecule has 34 heavy (non-hydrogen) atoms. The van der Waals surface area contributed by atoms with Gasteiger partial charge in [-0.3, -0.25) is 19.4 Å². The van der Waals surface area contributed by atoms with Crippen LogP contribution in [0.1, 0.15) is 45.7 Å². The van der Waals surface area contributed by atoms with Gasteiger partial charge in [-0.2, -0.15) is 0 Å². The molecule has 9 nitrogen and oxygen atoms in total. The van der Waals surface area contributed by atoms with E-state index in [1.165, 1.54) is 29.9 Å². The molecule has 0 atom stereocenters. The van der Waals surface area contributed by atoms with Gasteiger partial charge in [0, 0.05) is 38.4 Å². The van der Waals surface area contributed by atoms with Gasteiger partial charge in [0.1, 0.15) is 16.9 Å². The summed E-state index contributed by atoms with van der Waals surface area (Å²) in [4.78, 5) is 43.8. The zero-order valence-corrected chi connectivity index (χ0v) is 19.3. The number of pyridine rings is 2. The zero-order valence-electron chi connectivity index (χ0n) is 19.3. The van der Waals surface area contributed by atoms with Crippen molar-refractivity contribution >= 4 is 22.8 Å². The number of aliphatic hydroxyl groups is 1. The van der Waals surface area contributed by atoms with Gasteiger partial charge in [-0.05, 0) is 49.6 Å². The number of nitrogens with one attached hydrogen (secondary N) is 1. The Morgan fingerprint density at radius 2 is 1.91 bits per heavy atom. The molecule has 0 aliphatic heterocycles. The van der Waals surface area contributed by atoms with Crippen LogP contribution in [0.3, 0.4) is 0 Å². The fourth-order valence-corrected chi connectivity index (χ4v) is 3.79. The summed E-state index contributed by atoms with van der Waals surface area (Å²) in [7, 11) is 1.45. The molecule has 2 aromatic heterocycles. The minimum absolute atomic E-state index is 0.0542. The van der Waals surface area contributed by atoms with Crippen molar-refractivity contribution in [2.24, 2.45) is 7.05 Å². The summed E-state index contributed by atoms with van der Waals surface area (Å²) < 4.78 is 15.2. The second-order valence-corrected chi connectivity index (χ2v) is 7.73. The summed E-state index contributed by atoms with van der Waals surface area (Å²) in [5.74, 6) is -2.17. The van der Waals surface area contributed by atoms with Crippen molar-refractivity contribution in [2.75, 3.05) is 26.2 Å². The van der Waals surface area contributed by atoms with Gasteiger partial charge in [0.2, 0.25) is 0 Å². The minimum atomic E-state index is -0.814. The standard InChI is InChI=1S/C24H27FN4O5/c1-4-29(5-2)23(33)17-12-16(25)7-6-15(17)10-14-11-18-20(27-13-14)21(31)19(24(34)28(18)3)22(32)26-8-9-30/h6-7,11-13,30-31H,4-5,8-10H2,1-3H3,(H,26,32). The predicted octanol–water partition coefficient (Wildman–Crippen LogP) is 1.57. The van der Waals surface area contributed by atoms with E-state index in [1.54, 1.807) is 17.0 Å². The number of benzene rings is 1. The van der Waals surface area contributed by atoms with Crippen LogP contribution in [0, 0.1) is 5.82 Å². The van der Waals surface area contributed by atoms with Gasteiger partial charge in [-0.1, -0.05) is 6.07 Å². The number of halogens is 1. The van der Waals surface area contributed by atoms with Crippen LogP contribution < -0.4 is 10.9 Å². The summed E-state index contributed by atoms with van der Waals surface area (Å²) in [6.07, 6.45) is 1.70. The Morgan fingerprint density at radius 1 is 1.21 bits per heavy atom. The highest BCUT2D eigenvalue weighted by Gasteiger charge is 2.23. The molecule has 0 saturated carbocycles. The monoisotopic (exact) mass is 470 g/mol. The Balaban J connectivity index is 2.06.